The molecule has 48 heavy (non-hydrogen) atoms. The summed E-state index contributed by atoms with van der Waals surface area (Å²) >= 11 is 3.65. The summed E-state index contributed by atoms with van der Waals surface area (Å²) in [7, 11) is 0. The fourth-order valence-electron chi connectivity index (χ4n) is 6.96. The maximum Gasteiger partial charge on any atom is 0.164 e. The van der Waals surface area contributed by atoms with Crippen LogP contribution in [0.4, 0.5) is 0 Å². The summed E-state index contributed by atoms with van der Waals surface area (Å²) in [6.45, 7) is 0. The Labute approximate surface area is 284 Å². The second-order valence-corrected chi connectivity index (χ2v) is 14.1. The molecule has 0 amide bonds. The maximum absolute atomic E-state index is 5.29. The number of aromatic nitrogens is 3. The Kier molecular flexibility index (Phi) is 6.22. The van der Waals surface area contributed by atoms with Gasteiger partial charge >= 0.3 is 0 Å². The first-order valence-electron chi connectivity index (χ1n) is 15.9. The van der Waals surface area contributed by atoms with Crippen LogP contribution >= 0.6 is 22.7 Å². The standard InChI is InChI=1S/C43H25N3S2/c1-2-11-27(12-3-1)41-44-42(46-43(45-41)33-19-10-22-38-40(33)31-16-5-7-21-36(31)48-38)32-18-9-14-26-13-8-17-29(39(26)32)28-23-24-37-34(25-28)30-15-4-6-20-35(30)47-37/h1-25H. The van der Waals surface area contributed by atoms with Crippen molar-refractivity contribution >= 4 is 73.8 Å². The van der Waals surface area contributed by atoms with Gasteiger partial charge in [-0.15, -0.1) is 22.7 Å². The first kappa shape index (κ1) is 27.4. The molecule has 0 atom stereocenters. The summed E-state index contributed by atoms with van der Waals surface area (Å²) < 4.78 is 5.08. The van der Waals surface area contributed by atoms with Crippen LogP contribution in [0, 0.1) is 0 Å². The molecule has 3 heterocycles. The molecule has 3 nitrogen and oxygen atoms in total. The van der Waals surface area contributed by atoms with E-state index in [1.807, 2.05) is 29.5 Å². The highest BCUT2D eigenvalue weighted by Gasteiger charge is 2.19. The van der Waals surface area contributed by atoms with E-state index in [-0.39, 0.29) is 0 Å². The maximum atomic E-state index is 5.29. The van der Waals surface area contributed by atoms with Gasteiger partial charge in [-0.3, -0.25) is 0 Å². The van der Waals surface area contributed by atoms with Crippen molar-refractivity contribution in [3.63, 3.8) is 0 Å². The molecule has 0 aliphatic heterocycles. The highest BCUT2D eigenvalue weighted by atomic mass is 32.1. The van der Waals surface area contributed by atoms with Crippen molar-refractivity contribution in [3.8, 4) is 45.3 Å². The minimum absolute atomic E-state index is 0.660. The van der Waals surface area contributed by atoms with E-state index in [1.54, 1.807) is 11.3 Å². The fourth-order valence-corrected chi connectivity index (χ4v) is 9.17. The molecule has 0 N–H and O–H groups in total. The van der Waals surface area contributed by atoms with E-state index in [2.05, 4.69) is 133 Å². The lowest BCUT2D eigenvalue weighted by atomic mass is 9.93. The number of hydrogen-bond acceptors (Lipinski definition) is 5. The fraction of sp³-hybridized carbons (Fsp3) is 0. The van der Waals surface area contributed by atoms with Gasteiger partial charge in [0.05, 0.1) is 0 Å². The van der Waals surface area contributed by atoms with E-state index in [4.69, 9.17) is 15.0 Å². The van der Waals surface area contributed by atoms with Gasteiger partial charge in [0, 0.05) is 62.4 Å². The van der Waals surface area contributed by atoms with Gasteiger partial charge in [-0.05, 0) is 46.8 Å². The van der Waals surface area contributed by atoms with Crippen molar-refractivity contribution < 1.29 is 0 Å². The molecular weight excluding hydrogens is 623 g/mol. The van der Waals surface area contributed by atoms with Crippen LogP contribution in [0.2, 0.25) is 0 Å². The average Bonchev–Trinajstić information content (AvgIpc) is 3.73. The van der Waals surface area contributed by atoms with Crippen molar-refractivity contribution in [2.75, 3.05) is 0 Å². The Morgan fingerprint density at radius 2 is 0.896 bits per heavy atom. The van der Waals surface area contributed by atoms with Gasteiger partial charge in [0.15, 0.2) is 17.5 Å². The van der Waals surface area contributed by atoms with Gasteiger partial charge in [-0.1, -0.05) is 121 Å². The summed E-state index contributed by atoms with van der Waals surface area (Å²) in [5, 5.41) is 7.27. The molecule has 10 aromatic rings. The third-order valence-corrected chi connectivity index (χ3v) is 11.4. The molecule has 0 aliphatic carbocycles. The minimum Gasteiger partial charge on any atom is -0.208 e. The van der Waals surface area contributed by atoms with E-state index in [0.717, 1.165) is 33.0 Å². The van der Waals surface area contributed by atoms with Gasteiger partial charge < -0.3 is 0 Å². The molecule has 7 aromatic carbocycles. The minimum atomic E-state index is 0.660. The van der Waals surface area contributed by atoms with E-state index >= 15 is 0 Å². The number of rotatable bonds is 4. The zero-order chi connectivity index (χ0) is 31.6. The largest absolute Gasteiger partial charge is 0.208 e. The van der Waals surface area contributed by atoms with E-state index in [9.17, 15) is 0 Å². The Hall–Kier alpha value is -5.75. The molecule has 3 aromatic heterocycles. The highest BCUT2D eigenvalue weighted by Crippen LogP contribution is 2.42. The third-order valence-electron chi connectivity index (χ3n) is 9.14. The first-order valence-corrected chi connectivity index (χ1v) is 17.6. The molecule has 0 bridgehead atoms. The normalized spacial score (nSPS) is 11.8. The second kappa shape index (κ2) is 10.9. The summed E-state index contributed by atoms with van der Waals surface area (Å²) in [6, 6.07) is 53.8. The zero-order valence-electron chi connectivity index (χ0n) is 25.6. The van der Waals surface area contributed by atoms with E-state index in [1.165, 1.54) is 45.9 Å². The van der Waals surface area contributed by atoms with Crippen LogP contribution in [0.3, 0.4) is 0 Å². The number of hydrogen-bond donors (Lipinski definition) is 0. The van der Waals surface area contributed by atoms with Gasteiger partial charge in [-0.25, -0.2) is 15.0 Å². The van der Waals surface area contributed by atoms with Crippen molar-refractivity contribution in [3.05, 3.63) is 152 Å². The van der Waals surface area contributed by atoms with Crippen LogP contribution in [0.25, 0.3) is 96.4 Å². The van der Waals surface area contributed by atoms with E-state index in [0.29, 0.717) is 17.5 Å². The van der Waals surface area contributed by atoms with Crippen LogP contribution in [0.1, 0.15) is 0 Å². The molecule has 5 heteroatoms. The van der Waals surface area contributed by atoms with Crippen LogP contribution in [-0.4, -0.2) is 15.0 Å². The monoisotopic (exact) mass is 647 g/mol. The molecular formula is C43H25N3S2. The molecule has 10 rings (SSSR count). The predicted octanol–water partition coefficient (Wildman–Crippen LogP) is 12.4. The second-order valence-electron chi connectivity index (χ2n) is 12.0. The van der Waals surface area contributed by atoms with Gasteiger partial charge in [0.1, 0.15) is 0 Å². The lowest BCUT2D eigenvalue weighted by molar-refractivity contribution is 1.08. The molecule has 0 unspecified atom stereocenters. The van der Waals surface area contributed by atoms with Crippen molar-refractivity contribution in [2.45, 2.75) is 0 Å². The number of benzene rings is 7. The van der Waals surface area contributed by atoms with Crippen molar-refractivity contribution in [1.29, 1.82) is 0 Å². The highest BCUT2D eigenvalue weighted by molar-refractivity contribution is 7.26. The molecule has 0 spiro atoms. The van der Waals surface area contributed by atoms with Crippen LogP contribution in [0.15, 0.2) is 152 Å². The van der Waals surface area contributed by atoms with Gasteiger partial charge in [0.25, 0.3) is 0 Å². The lowest BCUT2D eigenvalue weighted by Gasteiger charge is -2.14. The third kappa shape index (κ3) is 4.36. The number of thiophene rings is 2. The van der Waals surface area contributed by atoms with Crippen molar-refractivity contribution in [1.82, 2.24) is 15.0 Å². The number of fused-ring (bicyclic) bond motifs is 7. The Bertz CT molecular complexity index is 2840. The smallest absolute Gasteiger partial charge is 0.164 e. The zero-order valence-corrected chi connectivity index (χ0v) is 27.2. The Morgan fingerprint density at radius 1 is 0.333 bits per heavy atom. The average molecular weight is 648 g/mol. The van der Waals surface area contributed by atoms with Gasteiger partial charge in [0.2, 0.25) is 0 Å². The molecule has 0 saturated heterocycles. The molecule has 224 valence electrons. The molecule has 0 aliphatic rings. The van der Waals surface area contributed by atoms with E-state index < -0.39 is 0 Å². The topological polar surface area (TPSA) is 38.7 Å². The first-order chi connectivity index (χ1) is 23.8. The Balaban J connectivity index is 1.24. The summed E-state index contributed by atoms with van der Waals surface area (Å²) in [6.07, 6.45) is 0. The van der Waals surface area contributed by atoms with Crippen LogP contribution in [-0.2, 0) is 0 Å². The van der Waals surface area contributed by atoms with Crippen LogP contribution in [0.5, 0.6) is 0 Å². The van der Waals surface area contributed by atoms with Crippen LogP contribution < -0.4 is 0 Å². The molecule has 0 saturated carbocycles. The summed E-state index contributed by atoms with van der Waals surface area (Å²) in [5.41, 5.74) is 5.30. The summed E-state index contributed by atoms with van der Waals surface area (Å²) in [5.74, 6) is 2.00. The predicted molar refractivity (Wildman–Crippen MR) is 205 cm³/mol. The molecule has 0 radical (unpaired) electrons. The summed E-state index contributed by atoms with van der Waals surface area (Å²) in [4.78, 5) is 15.6. The Morgan fingerprint density at radius 3 is 1.69 bits per heavy atom. The SMILES string of the molecule is c1ccc(-c2nc(-c3cccc4cccc(-c5ccc6sc7ccccc7c6c5)c34)nc(-c3cccc4sc5ccccc5c34)n2)cc1. The quantitative estimate of drug-likeness (QED) is 0.191. The van der Waals surface area contributed by atoms with Crippen molar-refractivity contribution in [2.24, 2.45) is 0 Å². The lowest BCUT2D eigenvalue weighted by Crippen LogP contribution is -2.01. The van der Waals surface area contributed by atoms with Gasteiger partial charge in [-0.2, -0.15) is 0 Å². The number of nitrogens with zero attached hydrogens (tertiary/aromatic N) is 3. The molecule has 0 fully saturated rings.